The molecule has 0 amide bonds. The lowest BCUT2D eigenvalue weighted by Gasteiger charge is -2.07. The Hall–Kier alpha value is -0.720. The van der Waals surface area contributed by atoms with Gasteiger partial charge < -0.3 is 10.1 Å². The van der Waals surface area contributed by atoms with Gasteiger partial charge in [-0.1, -0.05) is 23.9 Å². The maximum absolute atomic E-state index is 11.8. The number of halogens is 3. The molecule has 0 aliphatic rings. The van der Waals surface area contributed by atoms with E-state index in [2.05, 4.69) is 10.1 Å². The van der Waals surface area contributed by atoms with Gasteiger partial charge in [-0.2, -0.15) is 13.2 Å². The van der Waals surface area contributed by atoms with Crippen LogP contribution in [0.5, 0.6) is 0 Å². The van der Waals surface area contributed by atoms with Crippen molar-refractivity contribution in [2.75, 3.05) is 19.6 Å². The summed E-state index contributed by atoms with van der Waals surface area (Å²) >= 11 is 1.25. The summed E-state index contributed by atoms with van der Waals surface area (Å²) in [6.45, 7) is -0.423. The van der Waals surface area contributed by atoms with Crippen molar-refractivity contribution in [2.24, 2.45) is 0 Å². The van der Waals surface area contributed by atoms with Crippen LogP contribution in [0, 0.1) is 0 Å². The molecular weight excluding hydrogens is 251 g/mol. The maximum atomic E-state index is 11.8. The molecule has 0 aliphatic carbocycles. The fourth-order valence-corrected chi connectivity index (χ4v) is 1.81. The second-order valence-corrected chi connectivity index (χ2v) is 4.40. The van der Waals surface area contributed by atoms with Crippen LogP contribution < -0.4 is 5.32 Å². The number of ether oxygens (including phenoxy) is 1. The Labute approximate surface area is 103 Å². The summed E-state index contributed by atoms with van der Waals surface area (Å²) in [5.41, 5.74) is 1.13. The molecule has 0 fully saturated rings. The quantitative estimate of drug-likeness (QED) is 0.485. The summed E-state index contributed by atoms with van der Waals surface area (Å²) in [7, 11) is 1.85. The monoisotopic (exact) mass is 265 g/mol. The van der Waals surface area contributed by atoms with Crippen LogP contribution in [-0.4, -0.2) is 25.8 Å². The van der Waals surface area contributed by atoms with Crippen molar-refractivity contribution < 1.29 is 17.9 Å². The van der Waals surface area contributed by atoms with Gasteiger partial charge in [-0.15, -0.1) is 0 Å². The van der Waals surface area contributed by atoms with Gasteiger partial charge in [-0.3, -0.25) is 0 Å². The third-order valence-electron chi connectivity index (χ3n) is 1.88. The molecule has 96 valence electrons. The molecule has 17 heavy (non-hydrogen) atoms. The van der Waals surface area contributed by atoms with E-state index in [1.54, 1.807) is 0 Å². The van der Waals surface area contributed by atoms with Crippen LogP contribution in [-0.2, 0) is 11.3 Å². The predicted molar refractivity (Wildman–Crippen MR) is 61.9 cm³/mol. The summed E-state index contributed by atoms with van der Waals surface area (Å²) < 4.78 is 39.8. The minimum Gasteiger partial charge on any atom is -0.361 e. The minimum atomic E-state index is -4.25. The lowest BCUT2D eigenvalue weighted by atomic mass is 10.2. The first-order valence-electron chi connectivity index (χ1n) is 5.02. The summed E-state index contributed by atoms with van der Waals surface area (Å²) in [5.74, 6) is 0.00485. The molecule has 0 heterocycles. The van der Waals surface area contributed by atoms with Crippen molar-refractivity contribution >= 4 is 11.8 Å². The van der Waals surface area contributed by atoms with E-state index in [4.69, 9.17) is 0 Å². The van der Waals surface area contributed by atoms with E-state index in [-0.39, 0.29) is 5.94 Å². The molecule has 2 nitrogen and oxygen atoms in total. The van der Waals surface area contributed by atoms with E-state index < -0.39 is 12.8 Å². The van der Waals surface area contributed by atoms with Crippen molar-refractivity contribution in [3.8, 4) is 0 Å². The first-order valence-corrected chi connectivity index (χ1v) is 6.00. The average molecular weight is 265 g/mol. The number of benzene rings is 1. The molecule has 1 N–H and O–H groups in total. The van der Waals surface area contributed by atoms with Gasteiger partial charge >= 0.3 is 6.18 Å². The lowest BCUT2D eigenvalue weighted by molar-refractivity contribution is -0.168. The first-order chi connectivity index (χ1) is 8.01. The zero-order valence-electron chi connectivity index (χ0n) is 9.38. The topological polar surface area (TPSA) is 21.3 Å². The summed E-state index contributed by atoms with van der Waals surface area (Å²) in [4.78, 5) is 0.895. The number of alkyl halides is 3. The first kappa shape index (κ1) is 14.3. The van der Waals surface area contributed by atoms with E-state index in [1.807, 2.05) is 31.3 Å². The SMILES string of the molecule is CNCc1ccc(SCOCC(F)(F)F)cc1. The average Bonchev–Trinajstić information content (AvgIpc) is 2.26. The van der Waals surface area contributed by atoms with E-state index in [0.29, 0.717) is 0 Å². The van der Waals surface area contributed by atoms with Crippen molar-refractivity contribution in [2.45, 2.75) is 17.6 Å². The number of thioether (sulfide) groups is 1. The van der Waals surface area contributed by atoms with Gasteiger partial charge in [0, 0.05) is 11.4 Å². The van der Waals surface area contributed by atoms with Crippen molar-refractivity contribution in [3.63, 3.8) is 0 Å². The molecular formula is C11H14F3NOS. The largest absolute Gasteiger partial charge is 0.411 e. The number of hydrogen-bond donors (Lipinski definition) is 1. The van der Waals surface area contributed by atoms with Crippen LogP contribution in [0.4, 0.5) is 13.2 Å². The van der Waals surface area contributed by atoms with Crippen molar-refractivity contribution in [3.05, 3.63) is 29.8 Å². The zero-order valence-corrected chi connectivity index (χ0v) is 10.2. The third kappa shape index (κ3) is 6.55. The molecule has 0 saturated carbocycles. The summed E-state index contributed by atoms with van der Waals surface area (Å²) in [6.07, 6.45) is -4.25. The van der Waals surface area contributed by atoms with Crippen molar-refractivity contribution in [1.82, 2.24) is 5.32 Å². The molecule has 0 atom stereocenters. The Morgan fingerprint density at radius 3 is 2.41 bits per heavy atom. The van der Waals surface area contributed by atoms with E-state index in [0.717, 1.165) is 17.0 Å². The Kier molecular flexibility index (Phi) is 5.80. The molecule has 1 rings (SSSR count). The molecule has 0 aromatic heterocycles. The van der Waals surface area contributed by atoms with Gasteiger partial charge in [0.05, 0.1) is 5.94 Å². The molecule has 0 unspecified atom stereocenters. The third-order valence-corrected chi connectivity index (χ3v) is 2.77. The van der Waals surface area contributed by atoms with Gasteiger partial charge in [-0.05, 0) is 24.7 Å². The highest BCUT2D eigenvalue weighted by molar-refractivity contribution is 7.99. The second-order valence-electron chi connectivity index (χ2n) is 3.40. The number of rotatable bonds is 6. The van der Waals surface area contributed by atoms with E-state index >= 15 is 0 Å². The van der Waals surface area contributed by atoms with Crippen LogP contribution in [0.2, 0.25) is 0 Å². The highest BCUT2D eigenvalue weighted by atomic mass is 32.2. The Morgan fingerprint density at radius 2 is 1.88 bits per heavy atom. The Morgan fingerprint density at radius 1 is 1.24 bits per heavy atom. The predicted octanol–water partition coefficient (Wildman–Crippen LogP) is 3.03. The summed E-state index contributed by atoms with van der Waals surface area (Å²) in [5, 5.41) is 3.02. The van der Waals surface area contributed by atoms with Gasteiger partial charge in [0.1, 0.15) is 6.61 Å². The molecule has 0 spiro atoms. The maximum Gasteiger partial charge on any atom is 0.411 e. The smallest absolute Gasteiger partial charge is 0.361 e. The van der Waals surface area contributed by atoms with E-state index in [9.17, 15) is 13.2 Å². The standard InChI is InChI=1S/C11H14F3NOS/c1-15-6-9-2-4-10(5-3-9)17-8-16-7-11(12,13)14/h2-5,15H,6-8H2,1H3. The van der Waals surface area contributed by atoms with Crippen LogP contribution in [0.25, 0.3) is 0 Å². The number of hydrogen-bond acceptors (Lipinski definition) is 3. The Balaban J connectivity index is 2.27. The fourth-order valence-electron chi connectivity index (χ4n) is 1.17. The molecule has 1 aromatic rings. The highest BCUT2D eigenvalue weighted by Gasteiger charge is 2.27. The lowest BCUT2D eigenvalue weighted by Crippen LogP contribution is -2.16. The normalized spacial score (nSPS) is 11.8. The van der Waals surface area contributed by atoms with Gasteiger partial charge in [0.15, 0.2) is 0 Å². The van der Waals surface area contributed by atoms with Gasteiger partial charge in [0.2, 0.25) is 0 Å². The zero-order chi connectivity index (χ0) is 12.7. The van der Waals surface area contributed by atoms with Crippen molar-refractivity contribution in [1.29, 1.82) is 0 Å². The minimum absolute atomic E-state index is 0.00485. The van der Waals surface area contributed by atoms with Crippen LogP contribution in [0.1, 0.15) is 5.56 Å². The Bertz CT molecular complexity index is 326. The molecule has 0 bridgehead atoms. The molecule has 0 saturated heterocycles. The molecule has 0 radical (unpaired) electrons. The van der Waals surface area contributed by atoms with Crippen LogP contribution >= 0.6 is 11.8 Å². The number of nitrogens with one attached hydrogen (secondary N) is 1. The van der Waals surface area contributed by atoms with E-state index in [1.165, 1.54) is 11.8 Å². The summed E-state index contributed by atoms with van der Waals surface area (Å²) in [6, 6.07) is 7.60. The fraction of sp³-hybridized carbons (Fsp3) is 0.455. The van der Waals surface area contributed by atoms with Crippen LogP contribution in [0.3, 0.4) is 0 Å². The van der Waals surface area contributed by atoms with Crippen LogP contribution in [0.15, 0.2) is 29.2 Å². The molecule has 0 aliphatic heterocycles. The van der Waals surface area contributed by atoms with Gasteiger partial charge in [-0.25, -0.2) is 0 Å². The highest BCUT2D eigenvalue weighted by Crippen LogP contribution is 2.20. The molecule has 1 aromatic carbocycles. The van der Waals surface area contributed by atoms with Gasteiger partial charge in [0.25, 0.3) is 0 Å². The second kappa shape index (κ2) is 6.88. The molecule has 6 heteroatoms.